The maximum atomic E-state index is 12.4. The van der Waals surface area contributed by atoms with Crippen molar-refractivity contribution >= 4 is 17.5 Å². The number of hydrogen-bond donors (Lipinski definition) is 1. The van der Waals surface area contributed by atoms with Crippen molar-refractivity contribution in [3.63, 3.8) is 0 Å². The Morgan fingerprint density at radius 3 is 2.45 bits per heavy atom. The van der Waals surface area contributed by atoms with Gasteiger partial charge in [0.25, 0.3) is 5.91 Å². The zero-order chi connectivity index (χ0) is 20.8. The number of carbonyl (C=O) groups is 2. The van der Waals surface area contributed by atoms with E-state index in [2.05, 4.69) is 10.3 Å². The molecule has 0 aliphatic heterocycles. The van der Waals surface area contributed by atoms with Crippen LogP contribution in [0.5, 0.6) is 0 Å². The van der Waals surface area contributed by atoms with Gasteiger partial charge in [-0.25, -0.2) is 0 Å². The monoisotopic (exact) mass is 387 g/mol. The molecule has 148 valence electrons. The van der Waals surface area contributed by atoms with Gasteiger partial charge >= 0.3 is 0 Å². The molecule has 5 heteroatoms. The number of hydrogen-bond acceptors (Lipinski definition) is 3. The summed E-state index contributed by atoms with van der Waals surface area (Å²) in [6.07, 6.45) is 3.92. The second-order valence-corrected chi connectivity index (χ2v) is 6.93. The van der Waals surface area contributed by atoms with Crippen molar-refractivity contribution < 1.29 is 9.59 Å². The molecule has 1 N–H and O–H groups in total. The molecule has 3 rings (SSSR count). The zero-order valence-corrected chi connectivity index (χ0v) is 17.0. The van der Waals surface area contributed by atoms with E-state index < -0.39 is 0 Å². The highest BCUT2D eigenvalue weighted by Crippen LogP contribution is 2.27. The van der Waals surface area contributed by atoms with Gasteiger partial charge in [-0.3, -0.25) is 14.6 Å². The summed E-state index contributed by atoms with van der Waals surface area (Å²) in [5.74, 6) is -0.0361. The summed E-state index contributed by atoms with van der Waals surface area (Å²) in [7, 11) is 1.79. The van der Waals surface area contributed by atoms with E-state index in [1.54, 1.807) is 24.3 Å². The van der Waals surface area contributed by atoms with Crippen molar-refractivity contribution in [2.24, 2.45) is 0 Å². The zero-order valence-electron chi connectivity index (χ0n) is 17.0. The summed E-state index contributed by atoms with van der Waals surface area (Å²) in [6, 6.07) is 17.3. The summed E-state index contributed by atoms with van der Waals surface area (Å²) in [5, 5.41) is 2.91. The van der Waals surface area contributed by atoms with E-state index in [4.69, 9.17) is 0 Å². The molecule has 29 heavy (non-hydrogen) atoms. The number of amides is 2. The van der Waals surface area contributed by atoms with Crippen LogP contribution in [0.25, 0.3) is 11.1 Å². The van der Waals surface area contributed by atoms with Crippen LogP contribution < -0.4 is 10.2 Å². The molecule has 0 bridgehead atoms. The quantitative estimate of drug-likeness (QED) is 0.684. The molecule has 0 saturated heterocycles. The molecule has 0 atom stereocenters. The fourth-order valence-corrected chi connectivity index (χ4v) is 3.15. The predicted molar refractivity (Wildman–Crippen MR) is 116 cm³/mol. The van der Waals surface area contributed by atoms with E-state index in [9.17, 15) is 9.59 Å². The summed E-state index contributed by atoms with van der Waals surface area (Å²) < 4.78 is 0. The van der Waals surface area contributed by atoms with E-state index in [1.165, 1.54) is 0 Å². The van der Waals surface area contributed by atoms with Crippen molar-refractivity contribution in [2.75, 3.05) is 11.9 Å². The van der Waals surface area contributed by atoms with Gasteiger partial charge in [-0.05, 0) is 59.5 Å². The lowest BCUT2D eigenvalue weighted by molar-refractivity contribution is -0.118. The molecule has 0 spiro atoms. The van der Waals surface area contributed by atoms with Crippen LogP contribution in [0.3, 0.4) is 0 Å². The number of nitrogens with one attached hydrogen (secondary N) is 1. The number of aryl methyl sites for hydroxylation is 1. The van der Waals surface area contributed by atoms with Crippen LogP contribution in [0.2, 0.25) is 0 Å². The van der Waals surface area contributed by atoms with Crippen molar-refractivity contribution in [2.45, 2.75) is 26.8 Å². The van der Waals surface area contributed by atoms with Gasteiger partial charge in [0.1, 0.15) is 0 Å². The molecule has 0 aliphatic rings. The number of benzene rings is 2. The van der Waals surface area contributed by atoms with Gasteiger partial charge in [-0.15, -0.1) is 0 Å². The van der Waals surface area contributed by atoms with E-state index >= 15 is 0 Å². The largest absolute Gasteiger partial charge is 0.348 e. The number of nitrogens with zero attached hydrogens (tertiary/aromatic N) is 2. The van der Waals surface area contributed by atoms with E-state index in [-0.39, 0.29) is 11.8 Å². The van der Waals surface area contributed by atoms with Crippen LogP contribution in [0.4, 0.5) is 5.69 Å². The minimum absolute atomic E-state index is 0.0822. The van der Waals surface area contributed by atoms with Gasteiger partial charge in [-0.1, -0.05) is 31.2 Å². The van der Waals surface area contributed by atoms with Crippen molar-refractivity contribution in [3.8, 4) is 11.1 Å². The van der Waals surface area contributed by atoms with Gasteiger partial charge in [0, 0.05) is 43.7 Å². The second-order valence-electron chi connectivity index (χ2n) is 6.93. The van der Waals surface area contributed by atoms with Gasteiger partial charge < -0.3 is 10.2 Å². The molecular weight excluding hydrogens is 362 g/mol. The molecule has 0 saturated carbocycles. The third kappa shape index (κ3) is 4.88. The number of rotatable bonds is 6. The van der Waals surface area contributed by atoms with Crippen LogP contribution in [-0.2, 0) is 11.3 Å². The molecule has 2 amide bonds. The Morgan fingerprint density at radius 2 is 1.83 bits per heavy atom. The fraction of sp³-hybridized carbons (Fsp3) is 0.208. The maximum Gasteiger partial charge on any atom is 0.251 e. The van der Waals surface area contributed by atoms with Crippen LogP contribution >= 0.6 is 0 Å². The van der Waals surface area contributed by atoms with Gasteiger partial charge in [0.2, 0.25) is 5.91 Å². The standard InChI is InChI=1S/C24H25N3O2/c1-4-23(28)27(3)21-11-12-22(17(2)14-21)19-7-9-20(10-8-19)24(29)26-16-18-6-5-13-25-15-18/h5-15H,4,16H2,1-3H3,(H,26,29). The first kappa shape index (κ1) is 20.3. The van der Waals surface area contributed by atoms with Crippen molar-refractivity contribution in [3.05, 3.63) is 83.7 Å². The third-order valence-electron chi connectivity index (χ3n) is 4.91. The first-order chi connectivity index (χ1) is 14.0. The molecule has 0 radical (unpaired) electrons. The molecule has 0 aliphatic carbocycles. The highest BCUT2D eigenvalue weighted by Gasteiger charge is 2.11. The van der Waals surface area contributed by atoms with Crippen LogP contribution in [0.1, 0.15) is 34.8 Å². The Balaban J connectivity index is 1.71. The van der Waals surface area contributed by atoms with Crippen LogP contribution in [0, 0.1) is 6.92 Å². The van der Waals surface area contributed by atoms with E-state index in [0.717, 1.165) is 27.9 Å². The average Bonchev–Trinajstić information content (AvgIpc) is 2.77. The minimum Gasteiger partial charge on any atom is -0.348 e. The highest BCUT2D eigenvalue weighted by atomic mass is 16.2. The Bertz CT molecular complexity index is 998. The fourth-order valence-electron chi connectivity index (χ4n) is 3.15. The minimum atomic E-state index is -0.118. The van der Waals surface area contributed by atoms with Gasteiger partial charge in [-0.2, -0.15) is 0 Å². The van der Waals surface area contributed by atoms with E-state index in [1.807, 2.05) is 68.4 Å². The normalized spacial score (nSPS) is 10.4. The van der Waals surface area contributed by atoms with Crippen LogP contribution in [-0.4, -0.2) is 23.8 Å². The number of carbonyl (C=O) groups excluding carboxylic acids is 2. The molecule has 0 unspecified atom stereocenters. The SMILES string of the molecule is CCC(=O)N(C)c1ccc(-c2ccc(C(=O)NCc3cccnc3)cc2)c(C)c1. The molecule has 0 fully saturated rings. The van der Waals surface area contributed by atoms with E-state index in [0.29, 0.717) is 18.5 Å². The summed E-state index contributed by atoms with van der Waals surface area (Å²) in [4.78, 5) is 30.0. The number of anilines is 1. The topological polar surface area (TPSA) is 62.3 Å². The summed E-state index contributed by atoms with van der Waals surface area (Å²) in [6.45, 7) is 4.32. The lowest BCUT2D eigenvalue weighted by Gasteiger charge is -2.18. The van der Waals surface area contributed by atoms with Gasteiger partial charge in [0.05, 0.1) is 0 Å². The second kappa shape index (κ2) is 9.15. The van der Waals surface area contributed by atoms with Crippen molar-refractivity contribution in [1.29, 1.82) is 0 Å². The molecule has 1 aromatic heterocycles. The third-order valence-corrected chi connectivity index (χ3v) is 4.91. The van der Waals surface area contributed by atoms with Crippen molar-refractivity contribution in [1.82, 2.24) is 10.3 Å². The Hall–Kier alpha value is -3.47. The number of pyridine rings is 1. The molecule has 3 aromatic rings. The first-order valence-electron chi connectivity index (χ1n) is 9.64. The molecular formula is C24H25N3O2. The Labute approximate surface area is 171 Å². The van der Waals surface area contributed by atoms with Crippen LogP contribution in [0.15, 0.2) is 67.0 Å². The lowest BCUT2D eigenvalue weighted by atomic mass is 9.98. The molecule has 2 aromatic carbocycles. The Kier molecular flexibility index (Phi) is 6.39. The number of aromatic nitrogens is 1. The highest BCUT2D eigenvalue weighted by molar-refractivity contribution is 5.95. The smallest absolute Gasteiger partial charge is 0.251 e. The molecule has 1 heterocycles. The van der Waals surface area contributed by atoms with Gasteiger partial charge in [0.15, 0.2) is 0 Å². The summed E-state index contributed by atoms with van der Waals surface area (Å²) >= 11 is 0. The predicted octanol–water partition coefficient (Wildman–Crippen LogP) is 4.36. The molecule has 5 nitrogen and oxygen atoms in total. The lowest BCUT2D eigenvalue weighted by Crippen LogP contribution is -2.25. The maximum absolute atomic E-state index is 12.4. The average molecular weight is 387 g/mol. The first-order valence-corrected chi connectivity index (χ1v) is 9.64. The Morgan fingerprint density at radius 1 is 1.07 bits per heavy atom. The summed E-state index contributed by atoms with van der Waals surface area (Å²) in [5.41, 5.74) is 5.63.